The Morgan fingerprint density at radius 3 is 2.42 bits per heavy atom. The molecule has 1 aliphatic rings. The maximum Gasteiger partial charge on any atom is 0.573 e. The minimum absolute atomic E-state index is 0.0342. The van der Waals surface area contributed by atoms with E-state index in [0.717, 1.165) is 43.5 Å². The topological polar surface area (TPSA) is 64.6 Å². The van der Waals surface area contributed by atoms with Gasteiger partial charge < -0.3 is 14.8 Å². The number of carbonyl (C=O) groups excluding carboxylic acids is 2. The van der Waals surface area contributed by atoms with Gasteiger partial charge in [-0.15, -0.1) is 13.2 Å². The van der Waals surface area contributed by atoms with Gasteiger partial charge in [-0.3, -0.25) is 4.79 Å². The summed E-state index contributed by atoms with van der Waals surface area (Å²) in [6.07, 6.45) is -1.72. The number of nitrogens with one attached hydrogen (secondary N) is 1. The molecule has 0 heterocycles. The number of ether oxygens (including phenoxy) is 2. The van der Waals surface area contributed by atoms with Crippen LogP contribution < -0.4 is 10.1 Å². The molecule has 144 valence electrons. The van der Waals surface area contributed by atoms with E-state index in [1.807, 2.05) is 0 Å². The molecule has 26 heavy (non-hydrogen) atoms. The molecule has 0 radical (unpaired) electrons. The van der Waals surface area contributed by atoms with Crippen molar-refractivity contribution in [1.82, 2.24) is 5.32 Å². The summed E-state index contributed by atoms with van der Waals surface area (Å²) in [7, 11) is 0. The van der Waals surface area contributed by atoms with Crippen molar-refractivity contribution in [3.05, 3.63) is 29.8 Å². The van der Waals surface area contributed by atoms with E-state index in [0.29, 0.717) is 11.8 Å². The lowest BCUT2D eigenvalue weighted by atomic mass is 9.78. The number of rotatable bonds is 5. The fourth-order valence-corrected chi connectivity index (χ4v) is 3.04. The van der Waals surface area contributed by atoms with Crippen molar-refractivity contribution in [3.8, 4) is 5.75 Å². The summed E-state index contributed by atoms with van der Waals surface area (Å²) in [5.74, 6) is -0.740. The number of carbonyl (C=O) groups is 2. The zero-order chi connectivity index (χ0) is 19.3. The number of benzene rings is 1. The second-order valence-electron chi connectivity index (χ2n) is 6.59. The number of amides is 1. The number of alkyl halides is 3. The number of halogens is 3. The summed E-state index contributed by atoms with van der Waals surface area (Å²) >= 11 is 0. The molecule has 0 unspecified atom stereocenters. The Hall–Kier alpha value is -2.25. The van der Waals surface area contributed by atoms with E-state index < -0.39 is 24.7 Å². The van der Waals surface area contributed by atoms with Crippen molar-refractivity contribution in [3.63, 3.8) is 0 Å². The first-order valence-corrected chi connectivity index (χ1v) is 8.48. The maximum atomic E-state index is 12.1. The molecule has 5 nitrogen and oxygen atoms in total. The van der Waals surface area contributed by atoms with Gasteiger partial charge in [-0.05, 0) is 42.5 Å². The van der Waals surface area contributed by atoms with Crippen LogP contribution in [0.2, 0.25) is 0 Å². The summed E-state index contributed by atoms with van der Waals surface area (Å²) < 4.78 is 44.9. The molecule has 1 amide bonds. The van der Waals surface area contributed by atoms with Gasteiger partial charge in [0.1, 0.15) is 5.75 Å². The summed E-state index contributed by atoms with van der Waals surface area (Å²) in [5.41, 5.74) is 0.0342. The van der Waals surface area contributed by atoms with Gasteiger partial charge in [0.2, 0.25) is 0 Å². The SMILES string of the molecule is C[C@@H]1[C@H](C)CCC[C@H]1NC(=O)COC(=O)c1ccc(OC(F)(F)F)cc1. The van der Waals surface area contributed by atoms with Crippen molar-refractivity contribution in [1.29, 1.82) is 0 Å². The van der Waals surface area contributed by atoms with Crippen LogP contribution in [0.25, 0.3) is 0 Å². The minimum Gasteiger partial charge on any atom is -0.452 e. The molecular formula is C18H22F3NO4. The molecule has 1 aromatic rings. The van der Waals surface area contributed by atoms with Crippen molar-refractivity contribution < 1.29 is 32.2 Å². The lowest BCUT2D eigenvalue weighted by molar-refractivity contribution is -0.274. The van der Waals surface area contributed by atoms with Crippen LogP contribution in [0.3, 0.4) is 0 Å². The maximum absolute atomic E-state index is 12.1. The molecule has 0 spiro atoms. The number of hydrogen-bond donors (Lipinski definition) is 1. The normalized spacial score (nSPS) is 23.2. The molecule has 8 heteroatoms. The molecule has 1 aliphatic carbocycles. The molecule has 3 atom stereocenters. The highest BCUT2D eigenvalue weighted by atomic mass is 19.4. The average Bonchev–Trinajstić information content (AvgIpc) is 2.56. The molecule has 1 fully saturated rings. The second-order valence-corrected chi connectivity index (χ2v) is 6.59. The van der Waals surface area contributed by atoms with Crippen molar-refractivity contribution >= 4 is 11.9 Å². The summed E-state index contributed by atoms with van der Waals surface area (Å²) in [6, 6.07) is 4.37. The fraction of sp³-hybridized carbons (Fsp3) is 0.556. The van der Waals surface area contributed by atoms with Gasteiger partial charge in [-0.25, -0.2) is 4.79 Å². The quantitative estimate of drug-likeness (QED) is 0.800. The van der Waals surface area contributed by atoms with E-state index in [-0.39, 0.29) is 17.5 Å². The molecule has 2 rings (SSSR count). The highest BCUT2D eigenvalue weighted by molar-refractivity contribution is 5.91. The van der Waals surface area contributed by atoms with E-state index in [4.69, 9.17) is 4.74 Å². The van der Waals surface area contributed by atoms with E-state index in [2.05, 4.69) is 23.9 Å². The van der Waals surface area contributed by atoms with Crippen LogP contribution in [0, 0.1) is 11.8 Å². The molecule has 0 bridgehead atoms. The van der Waals surface area contributed by atoms with Crippen molar-refractivity contribution in [2.24, 2.45) is 11.8 Å². The van der Waals surface area contributed by atoms with Gasteiger partial charge in [-0.1, -0.05) is 26.7 Å². The smallest absolute Gasteiger partial charge is 0.452 e. The first-order chi connectivity index (χ1) is 12.2. The Morgan fingerprint density at radius 2 is 1.81 bits per heavy atom. The predicted molar refractivity (Wildman–Crippen MR) is 87.5 cm³/mol. The van der Waals surface area contributed by atoms with E-state index in [1.165, 1.54) is 0 Å². The monoisotopic (exact) mass is 373 g/mol. The van der Waals surface area contributed by atoms with Crippen LogP contribution in [0.5, 0.6) is 5.75 Å². The van der Waals surface area contributed by atoms with E-state index >= 15 is 0 Å². The molecule has 0 aliphatic heterocycles. The van der Waals surface area contributed by atoms with Gasteiger partial charge in [-0.2, -0.15) is 0 Å². The van der Waals surface area contributed by atoms with Crippen LogP contribution >= 0.6 is 0 Å². The summed E-state index contributed by atoms with van der Waals surface area (Å²) in [4.78, 5) is 23.9. The van der Waals surface area contributed by atoms with Gasteiger partial charge in [0.05, 0.1) is 5.56 Å². The molecule has 0 aromatic heterocycles. The first kappa shape index (κ1) is 20.1. The van der Waals surface area contributed by atoms with Gasteiger partial charge in [0.15, 0.2) is 6.61 Å². The molecule has 1 aromatic carbocycles. The lowest BCUT2D eigenvalue weighted by Gasteiger charge is -2.34. The Balaban J connectivity index is 1.81. The van der Waals surface area contributed by atoms with Crippen LogP contribution in [0.15, 0.2) is 24.3 Å². The van der Waals surface area contributed by atoms with Crippen molar-refractivity contribution in [2.75, 3.05) is 6.61 Å². The zero-order valence-corrected chi connectivity index (χ0v) is 14.6. The molecule has 1 saturated carbocycles. The minimum atomic E-state index is -4.80. The third-order valence-electron chi connectivity index (χ3n) is 4.71. The second kappa shape index (κ2) is 8.42. The Bertz CT molecular complexity index is 630. The standard InChI is InChI=1S/C18H22F3NO4/c1-11-4-3-5-15(12(11)2)22-16(23)10-25-17(24)13-6-8-14(9-7-13)26-18(19,20)21/h6-9,11-12,15H,3-5,10H2,1-2H3,(H,22,23)/t11-,12-,15-/m1/s1. The number of esters is 1. The summed E-state index contributed by atoms with van der Waals surface area (Å²) in [6.45, 7) is 3.80. The first-order valence-electron chi connectivity index (χ1n) is 8.48. The predicted octanol–water partition coefficient (Wildman–Crippen LogP) is 3.68. The van der Waals surface area contributed by atoms with Gasteiger partial charge in [0.25, 0.3) is 5.91 Å². The van der Waals surface area contributed by atoms with Crippen LogP contribution in [-0.2, 0) is 9.53 Å². The molecule has 0 saturated heterocycles. The van der Waals surface area contributed by atoms with Gasteiger partial charge >= 0.3 is 12.3 Å². The summed E-state index contributed by atoms with van der Waals surface area (Å²) in [5, 5.41) is 2.88. The third-order valence-corrected chi connectivity index (χ3v) is 4.71. The highest BCUT2D eigenvalue weighted by Gasteiger charge is 2.31. The Labute approximate surface area is 149 Å². The molecular weight excluding hydrogens is 351 g/mol. The van der Waals surface area contributed by atoms with Crippen LogP contribution in [0.1, 0.15) is 43.5 Å². The Morgan fingerprint density at radius 1 is 1.15 bits per heavy atom. The van der Waals surface area contributed by atoms with E-state index in [1.54, 1.807) is 0 Å². The Kier molecular flexibility index (Phi) is 6.50. The number of hydrogen-bond acceptors (Lipinski definition) is 4. The zero-order valence-electron chi connectivity index (χ0n) is 14.6. The fourth-order valence-electron chi connectivity index (χ4n) is 3.04. The average molecular weight is 373 g/mol. The van der Waals surface area contributed by atoms with E-state index in [9.17, 15) is 22.8 Å². The lowest BCUT2D eigenvalue weighted by Crippen LogP contribution is -2.45. The largest absolute Gasteiger partial charge is 0.573 e. The van der Waals surface area contributed by atoms with Crippen LogP contribution in [0.4, 0.5) is 13.2 Å². The van der Waals surface area contributed by atoms with Crippen LogP contribution in [-0.4, -0.2) is 30.9 Å². The van der Waals surface area contributed by atoms with Crippen molar-refractivity contribution in [2.45, 2.75) is 45.5 Å². The highest BCUT2D eigenvalue weighted by Crippen LogP contribution is 2.29. The van der Waals surface area contributed by atoms with Gasteiger partial charge in [0, 0.05) is 6.04 Å². The third kappa shape index (κ3) is 5.93. The molecule has 1 N–H and O–H groups in total.